The van der Waals surface area contributed by atoms with Gasteiger partial charge in [0.1, 0.15) is 6.17 Å². The lowest BCUT2D eigenvalue weighted by molar-refractivity contribution is 0.279. The van der Waals surface area contributed by atoms with Crippen molar-refractivity contribution in [2.75, 3.05) is 0 Å². The van der Waals surface area contributed by atoms with Gasteiger partial charge in [-0.1, -0.05) is 30.3 Å². The monoisotopic (exact) mass is 193 g/mol. The molecule has 14 heavy (non-hydrogen) atoms. The van der Waals surface area contributed by atoms with Crippen molar-refractivity contribution in [2.24, 2.45) is 0 Å². The molecule has 1 saturated carbocycles. The summed E-state index contributed by atoms with van der Waals surface area (Å²) in [5.74, 6) is 0. The van der Waals surface area contributed by atoms with Gasteiger partial charge in [0, 0.05) is 12.6 Å². The summed E-state index contributed by atoms with van der Waals surface area (Å²) in [6.45, 7) is 0.784. The number of hydrogen-bond donors (Lipinski definition) is 1. The van der Waals surface area contributed by atoms with Crippen molar-refractivity contribution < 1.29 is 4.39 Å². The second-order valence-electron chi connectivity index (χ2n) is 3.92. The zero-order valence-electron chi connectivity index (χ0n) is 8.25. The van der Waals surface area contributed by atoms with E-state index in [1.807, 2.05) is 18.2 Å². The molecule has 76 valence electrons. The van der Waals surface area contributed by atoms with Crippen LogP contribution in [0.4, 0.5) is 4.39 Å². The highest BCUT2D eigenvalue weighted by molar-refractivity contribution is 5.14. The standard InChI is InChI=1S/C12H16FN/c13-11-7-4-8-12(11)14-9-10-5-2-1-3-6-10/h1-3,5-6,11-12,14H,4,7-9H2/t11-,12-/m1/s1. The summed E-state index contributed by atoms with van der Waals surface area (Å²) in [5.41, 5.74) is 1.23. The Hall–Kier alpha value is -0.890. The van der Waals surface area contributed by atoms with Crippen LogP contribution < -0.4 is 5.32 Å². The van der Waals surface area contributed by atoms with E-state index in [1.165, 1.54) is 5.56 Å². The molecular weight excluding hydrogens is 177 g/mol. The Morgan fingerprint density at radius 1 is 1.21 bits per heavy atom. The first kappa shape index (κ1) is 9.66. The van der Waals surface area contributed by atoms with Gasteiger partial charge in [-0.05, 0) is 24.8 Å². The summed E-state index contributed by atoms with van der Waals surface area (Å²) in [7, 11) is 0. The second kappa shape index (κ2) is 4.56. The Morgan fingerprint density at radius 2 is 2.00 bits per heavy atom. The molecule has 0 aromatic heterocycles. The van der Waals surface area contributed by atoms with Crippen LogP contribution in [0.2, 0.25) is 0 Å². The average molecular weight is 193 g/mol. The molecule has 0 amide bonds. The van der Waals surface area contributed by atoms with Gasteiger partial charge in [-0.15, -0.1) is 0 Å². The molecule has 0 unspecified atom stereocenters. The maximum atomic E-state index is 13.2. The van der Waals surface area contributed by atoms with Gasteiger partial charge in [-0.2, -0.15) is 0 Å². The third-order valence-electron chi connectivity index (χ3n) is 2.84. The molecule has 0 saturated heterocycles. The quantitative estimate of drug-likeness (QED) is 0.778. The van der Waals surface area contributed by atoms with Crippen molar-refractivity contribution in [3.8, 4) is 0 Å². The van der Waals surface area contributed by atoms with Crippen LogP contribution in [0.15, 0.2) is 30.3 Å². The molecule has 0 spiro atoms. The zero-order chi connectivity index (χ0) is 9.80. The van der Waals surface area contributed by atoms with Gasteiger partial charge in [0.05, 0.1) is 0 Å². The van der Waals surface area contributed by atoms with Crippen molar-refractivity contribution in [1.29, 1.82) is 0 Å². The highest BCUT2D eigenvalue weighted by Gasteiger charge is 2.25. The number of alkyl halides is 1. The van der Waals surface area contributed by atoms with Gasteiger partial charge in [0.25, 0.3) is 0 Å². The molecule has 0 heterocycles. The van der Waals surface area contributed by atoms with E-state index in [4.69, 9.17) is 0 Å². The lowest BCUT2D eigenvalue weighted by atomic mass is 10.2. The van der Waals surface area contributed by atoms with Crippen molar-refractivity contribution in [2.45, 2.75) is 38.0 Å². The largest absolute Gasteiger partial charge is 0.307 e. The predicted octanol–water partition coefficient (Wildman–Crippen LogP) is 2.67. The fraction of sp³-hybridized carbons (Fsp3) is 0.500. The summed E-state index contributed by atoms with van der Waals surface area (Å²) in [4.78, 5) is 0. The molecule has 0 aliphatic heterocycles. The van der Waals surface area contributed by atoms with Gasteiger partial charge in [0.2, 0.25) is 0 Å². The minimum absolute atomic E-state index is 0.0789. The number of halogens is 1. The highest BCUT2D eigenvalue weighted by Crippen LogP contribution is 2.22. The normalized spacial score (nSPS) is 26.6. The lowest BCUT2D eigenvalue weighted by Crippen LogP contribution is -2.32. The summed E-state index contributed by atoms with van der Waals surface area (Å²) in [6, 6.07) is 10.2. The van der Waals surface area contributed by atoms with Crippen LogP contribution >= 0.6 is 0 Å². The fourth-order valence-electron chi connectivity index (χ4n) is 1.99. The van der Waals surface area contributed by atoms with Crippen LogP contribution in [0.3, 0.4) is 0 Å². The van der Waals surface area contributed by atoms with Crippen molar-refractivity contribution in [3.05, 3.63) is 35.9 Å². The summed E-state index contributed by atoms with van der Waals surface area (Å²) in [6.07, 6.45) is 2.09. The van der Waals surface area contributed by atoms with Crippen LogP contribution in [-0.2, 0) is 6.54 Å². The van der Waals surface area contributed by atoms with E-state index in [2.05, 4.69) is 17.4 Å². The van der Waals surface area contributed by atoms with Crippen LogP contribution in [-0.4, -0.2) is 12.2 Å². The predicted molar refractivity (Wildman–Crippen MR) is 55.8 cm³/mol. The van der Waals surface area contributed by atoms with Gasteiger partial charge < -0.3 is 5.32 Å². The molecule has 0 radical (unpaired) electrons. The zero-order valence-corrected chi connectivity index (χ0v) is 8.25. The first-order chi connectivity index (χ1) is 6.86. The third kappa shape index (κ3) is 2.32. The van der Waals surface area contributed by atoms with E-state index in [0.29, 0.717) is 0 Å². The molecule has 1 N–H and O–H groups in total. The van der Waals surface area contributed by atoms with Crippen LogP contribution in [0, 0.1) is 0 Å². The summed E-state index contributed by atoms with van der Waals surface area (Å²) >= 11 is 0. The van der Waals surface area contributed by atoms with Gasteiger partial charge >= 0.3 is 0 Å². The number of rotatable bonds is 3. The van der Waals surface area contributed by atoms with E-state index in [0.717, 1.165) is 25.8 Å². The molecule has 1 fully saturated rings. The molecule has 1 aromatic carbocycles. The summed E-state index contributed by atoms with van der Waals surface area (Å²) in [5, 5.41) is 3.27. The topological polar surface area (TPSA) is 12.0 Å². The Labute approximate surface area is 84.3 Å². The first-order valence-electron chi connectivity index (χ1n) is 5.27. The Kier molecular flexibility index (Phi) is 3.14. The van der Waals surface area contributed by atoms with Gasteiger partial charge in [-0.25, -0.2) is 4.39 Å². The average Bonchev–Trinajstić information content (AvgIpc) is 2.63. The smallest absolute Gasteiger partial charge is 0.115 e. The van der Waals surface area contributed by atoms with E-state index in [-0.39, 0.29) is 6.04 Å². The molecular formula is C12H16FN. The summed E-state index contributed by atoms with van der Waals surface area (Å²) < 4.78 is 13.2. The van der Waals surface area contributed by atoms with Gasteiger partial charge in [0.15, 0.2) is 0 Å². The number of benzene rings is 1. The molecule has 1 aliphatic rings. The van der Waals surface area contributed by atoms with E-state index < -0.39 is 6.17 Å². The number of nitrogens with one attached hydrogen (secondary N) is 1. The van der Waals surface area contributed by atoms with Crippen LogP contribution in [0.25, 0.3) is 0 Å². The molecule has 2 rings (SSSR count). The molecule has 0 bridgehead atoms. The molecule has 2 atom stereocenters. The Morgan fingerprint density at radius 3 is 2.64 bits per heavy atom. The Bertz CT molecular complexity index is 273. The van der Waals surface area contributed by atoms with E-state index in [9.17, 15) is 4.39 Å². The lowest BCUT2D eigenvalue weighted by Gasteiger charge is -2.14. The minimum atomic E-state index is -0.640. The molecule has 1 aliphatic carbocycles. The van der Waals surface area contributed by atoms with Crippen molar-refractivity contribution >= 4 is 0 Å². The highest BCUT2D eigenvalue weighted by atomic mass is 19.1. The maximum Gasteiger partial charge on any atom is 0.115 e. The molecule has 2 heteroatoms. The molecule has 1 aromatic rings. The van der Waals surface area contributed by atoms with Crippen LogP contribution in [0.5, 0.6) is 0 Å². The SMILES string of the molecule is F[C@@H]1CCC[C@H]1NCc1ccccc1. The third-order valence-corrected chi connectivity index (χ3v) is 2.84. The fourth-order valence-corrected chi connectivity index (χ4v) is 1.99. The second-order valence-corrected chi connectivity index (χ2v) is 3.92. The minimum Gasteiger partial charge on any atom is -0.307 e. The molecule has 1 nitrogen and oxygen atoms in total. The van der Waals surface area contributed by atoms with E-state index >= 15 is 0 Å². The first-order valence-corrected chi connectivity index (χ1v) is 5.27. The number of hydrogen-bond acceptors (Lipinski definition) is 1. The van der Waals surface area contributed by atoms with Crippen molar-refractivity contribution in [3.63, 3.8) is 0 Å². The Balaban J connectivity index is 1.82. The van der Waals surface area contributed by atoms with Gasteiger partial charge in [-0.3, -0.25) is 0 Å². The van der Waals surface area contributed by atoms with Crippen molar-refractivity contribution in [1.82, 2.24) is 5.32 Å². The van der Waals surface area contributed by atoms with Crippen LogP contribution in [0.1, 0.15) is 24.8 Å². The maximum absolute atomic E-state index is 13.2. The van der Waals surface area contributed by atoms with E-state index in [1.54, 1.807) is 0 Å².